The molecule has 1 fully saturated rings. The first-order chi connectivity index (χ1) is 13.4. The lowest BCUT2D eigenvalue weighted by Gasteiger charge is -2.12. The van der Waals surface area contributed by atoms with Crippen LogP contribution in [0.2, 0.25) is 0 Å². The normalized spacial score (nSPS) is 15.4. The first kappa shape index (κ1) is 20.8. The molecule has 0 spiro atoms. The molecule has 1 aliphatic rings. The smallest absolute Gasteiger partial charge is 0.293 e. The number of carbonyl (C=O) groups excluding carboxylic acids is 2. The number of carbonyl (C=O) groups is 2. The van der Waals surface area contributed by atoms with Gasteiger partial charge in [0.1, 0.15) is 18.2 Å². The van der Waals surface area contributed by atoms with Crippen molar-refractivity contribution in [2.24, 2.45) is 0 Å². The van der Waals surface area contributed by atoms with Crippen molar-refractivity contribution in [2.75, 3.05) is 6.54 Å². The molecule has 144 valence electrons. The predicted molar refractivity (Wildman–Crippen MR) is 115 cm³/mol. The van der Waals surface area contributed by atoms with Crippen molar-refractivity contribution in [1.82, 2.24) is 4.90 Å². The number of rotatable bonds is 6. The number of ether oxygens (including phenoxy) is 1. The lowest BCUT2D eigenvalue weighted by atomic mass is 10.2. The molecule has 0 saturated carbocycles. The van der Waals surface area contributed by atoms with Crippen molar-refractivity contribution in [1.29, 1.82) is 0 Å². The molecule has 0 N–H and O–H groups in total. The Kier molecular flexibility index (Phi) is 6.74. The van der Waals surface area contributed by atoms with E-state index in [2.05, 4.69) is 38.4 Å². The monoisotopic (exact) mass is 525 g/mol. The van der Waals surface area contributed by atoms with Crippen LogP contribution in [0.15, 0.2) is 62.9 Å². The van der Waals surface area contributed by atoms with Crippen LogP contribution >= 0.6 is 43.6 Å². The van der Waals surface area contributed by atoms with Gasteiger partial charge in [-0.25, -0.2) is 4.39 Å². The van der Waals surface area contributed by atoms with Crippen molar-refractivity contribution in [2.45, 2.75) is 6.61 Å². The highest BCUT2D eigenvalue weighted by molar-refractivity contribution is 9.11. The molecule has 1 heterocycles. The van der Waals surface area contributed by atoms with Gasteiger partial charge in [-0.15, -0.1) is 6.58 Å². The number of imide groups is 1. The number of hydrogen-bond acceptors (Lipinski definition) is 4. The van der Waals surface area contributed by atoms with E-state index in [1.165, 1.54) is 12.1 Å². The van der Waals surface area contributed by atoms with Crippen LogP contribution in [0.25, 0.3) is 6.08 Å². The second kappa shape index (κ2) is 9.07. The van der Waals surface area contributed by atoms with E-state index >= 15 is 0 Å². The number of hydrogen-bond donors (Lipinski definition) is 0. The maximum absolute atomic E-state index is 13.8. The molecule has 1 aliphatic heterocycles. The van der Waals surface area contributed by atoms with Gasteiger partial charge in [0.2, 0.25) is 0 Å². The molecule has 2 aromatic carbocycles. The molecular formula is C20H14Br2FNO3S. The zero-order valence-electron chi connectivity index (χ0n) is 14.5. The van der Waals surface area contributed by atoms with E-state index in [4.69, 9.17) is 4.74 Å². The minimum absolute atomic E-state index is 0.0731. The molecule has 0 unspecified atom stereocenters. The van der Waals surface area contributed by atoms with Crippen molar-refractivity contribution in [3.05, 3.63) is 79.8 Å². The Morgan fingerprint density at radius 2 is 1.86 bits per heavy atom. The zero-order valence-corrected chi connectivity index (χ0v) is 18.4. The van der Waals surface area contributed by atoms with Gasteiger partial charge < -0.3 is 4.74 Å². The Morgan fingerprint density at radius 3 is 2.50 bits per heavy atom. The number of thioether (sulfide) groups is 1. The third-order valence-electron chi connectivity index (χ3n) is 3.83. The third-order valence-corrected chi connectivity index (χ3v) is 5.92. The van der Waals surface area contributed by atoms with Crippen LogP contribution in [0, 0.1) is 5.82 Å². The van der Waals surface area contributed by atoms with Crippen molar-refractivity contribution in [3.8, 4) is 5.75 Å². The highest BCUT2D eigenvalue weighted by Crippen LogP contribution is 2.38. The summed E-state index contributed by atoms with van der Waals surface area (Å²) >= 11 is 7.77. The fraction of sp³-hybridized carbons (Fsp3) is 0.100. The maximum Gasteiger partial charge on any atom is 0.293 e. The van der Waals surface area contributed by atoms with Crippen molar-refractivity contribution >= 4 is 60.8 Å². The molecule has 0 radical (unpaired) electrons. The van der Waals surface area contributed by atoms with Crippen LogP contribution in [0.5, 0.6) is 5.75 Å². The summed E-state index contributed by atoms with van der Waals surface area (Å²) in [6.45, 7) is 3.81. The molecule has 0 atom stereocenters. The second-order valence-corrected chi connectivity index (χ2v) is 8.48. The molecule has 0 bridgehead atoms. The number of nitrogens with zero attached hydrogens (tertiary/aromatic N) is 1. The molecule has 1 saturated heterocycles. The minimum Gasteiger partial charge on any atom is -0.486 e. The lowest BCUT2D eigenvalue weighted by molar-refractivity contribution is -0.122. The van der Waals surface area contributed by atoms with Crippen LogP contribution in [-0.4, -0.2) is 22.6 Å². The van der Waals surface area contributed by atoms with E-state index in [-0.39, 0.29) is 30.1 Å². The van der Waals surface area contributed by atoms with Gasteiger partial charge in [0.25, 0.3) is 11.1 Å². The quantitative estimate of drug-likeness (QED) is 0.334. The molecule has 4 nitrogen and oxygen atoms in total. The summed E-state index contributed by atoms with van der Waals surface area (Å²) in [6, 6.07) is 9.94. The fourth-order valence-electron chi connectivity index (χ4n) is 2.50. The van der Waals surface area contributed by atoms with Crippen molar-refractivity contribution in [3.63, 3.8) is 0 Å². The Labute approximate surface area is 182 Å². The van der Waals surface area contributed by atoms with E-state index < -0.39 is 0 Å². The van der Waals surface area contributed by atoms with Gasteiger partial charge in [-0.1, -0.05) is 24.3 Å². The van der Waals surface area contributed by atoms with E-state index in [0.29, 0.717) is 30.7 Å². The summed E-state index contributed by atoms with van der Waals surface area (Å²) in [4.78, 5) is 25.7. The van der Waals surface area contributed by atoms with Gasteiger partial charge >= 0.3 is 0 Å². The van der Waals surface area contributed by atoms with Crippen molar-refractivity contribution < 1.29 is 18.7 Å². The molecular weight excluding hydrogens is 513 g/mol. The van der Waals surface area contributed by atoms with Gasteiger partial charge in [0.15, 0.2) is 0 Å². The summed E-state index contributed by atoms with van der Waals surface area (Å²) < 4.78 is 20.8. The van der Waals surface area contributed by atoms with Crippen LogP contribution in [0.1, 0.15) is 11.1 Å². The molecule has 0 aromatic heterocycles. The maximum atomic E-state index is 13.8. The summed E-state index contributed by atoms with van der Waals surface area (Å²) in [5.74, 6) is -0.163. The Bertz CT molecular complexity index is 970. The van der Waals surface area contributed by atoms with Gasteiger partial charge in [0.05, 0.1) is 13.9 Å². The second-order valence-electron chi connectivity index (χ2n) is 5.77. The first-order valence-corrected chi connectivity index (χ1v) is 10.5. The van der Waals surface area contributed by atoms with Crippen LogP contribution in [0.3, 0.4) is 0 Å². The molecule has 28 heavy (non-hydrogen) atoms. The van der Waals surface area contributed by atoms with E-state index in [1.807, 2.05) is 0 Å². The molecule has 8 heteroatoms. The van der Waals surface area contributed by atoms with Gasteiger partial charge in [-0.3, -0.25) is 14.5 Å². The zero-order chi connectivity index (χ0) is 20.3. The number of benzene rings is 2. The third kappa shape index (κ3) is 4.56. The Balaban J connectivity index is 1.80. The lowest BCUT2D eigenvalue weighted by Crippen LogP contribution is -2.27. The number of halogens is 3. The Morgan fingerprint density at radius 1 is 1.18 bits per heavy atom. The van der Waals surface area contributed by atoms with E-state index in [1.54, 1.807) is 36.4 Å². The van der Waals surface area contributed by atoms with E-state index in [0.717, 1.165) is 16.7 Å². The molecule has 3 rings (SSSR count). The van der Waals surface area contributed by atoms with Crippen LogP contribution in [0.4, 0.5) is 9.18 Å². The summed E-state index contributed by atoms with van der Waals surface area (Å²) in [5, 5.41) is -0.320. The van der Waals surface area contributed by atoms with Gasteiger partial charge in [0, 0.05) is 12.1 Å². The standard InChI is InChI=1S/C20H14Br2FNO3S/c1-2-7-24-19(25)17(28-20(24)26)10-12-8-14(21)18(15(22)9-12)27-11-13-5-3-4-6-16(13)23/h2-6,8-10H,1,7,11H2/b17-10+. The molecule has 0 aliphatic carbocycles. The SMILES string of the molecule is C=CCN1C(=O)S/C(=C/c2cc(Br)c(OCc3ccccc3F)c(Br)c2)C1=O. The topological polar surface area (TPSA) is 46.6 Å². The Hall–Kier alpha value is -1.90. The fourth-order valence-corrected chi connectivity index (χ4v) is 4.80. The summed E-state index contributed by atoms with van der Waals surface area (Å²) in [7, 11) is 0. The van der Waals surface area contributed by atoms with E-state index in [9.17, 15) is 14.0 Å². The highest BCUT2D eigenvalue weighted by Gasteiger charge is 2.34. The van der Waals surface area contributed by atoms with Crippen LogP contribution in [-0.2, 0) is 11.4 Å². The largest absolute Gasteiger partial charge is 0.486 e. The summed E-state index contributed by atoms with van der Waals surface area (Å²) in [6.07, 6.45) is 3.15. The minimum atomic E-state index is -0.345. The average Bonchev–Trinajstić information content (AvgIpc) is 2.90. The summed E-state index contributed by atoms with van der Waals surface area (Å²) in [5.41, 5.74) is 1.15. The van der Waals surface area contributed by atoms with Gasteiger partial charge in [-0.05, 0) is 73.5 Å². The highest BCUT2D eigenvalue weighted by atomic mass is 79.9. The molecule has 2 amide bonds. The average molecular weight is 527 g/mol. The first-order valence-electron chi connectivity index (χ1n) is 8.12. The predicted octanol–water partition coefficient (Wildman–Crippen LogP) is 6.15. The van der Waals surface area contributed by atoms with Crippen LogP contribution < -0.4 is 4.74 Å². The number of amides is 2. The van der Waals surface area contributed by atoms with Gasteiger partial charge in [-0.2, -0.15) is 0 Å². The molecule has 2 aromatic rings.